The summed E-state index contributed by atoms with van der Waals surface area (Å²) in [6.07, 6.45) is 0. The van der Waals surface area contributed by atoms with Crippen LogP contribution in [0.25, 0.3) is 0 Å². The summed E-state index contributed by atoms with van der Waals surface area (Å²) in [5, 5.41) is 17.6. The Bertz CT molecular complexity index is 764. The first-order chi connectivity index (χ1) is 9.72. The van der Waals surface area contributed by atoms with Gasteiger partial charge in [0.1, 0.15) is 5.01 Å². The maximum Gasteiger partial charge on any atom is 0.355 e. The largest absolute Gasteiger partial charge is 0.476 e. The van der Waals surface area contributed by atoms with Crippen LogP contribution >= 0.6 is 27.3 Å². The number of carboxylic acid groups (broad SMARTS) is 1. The minimum Gasteiger partial charge on any atom is -0.476 e. The van der Waals surface area contributed by atoms with Crippen molar-refractivity contribution in [3.8, 4) is 0 Å². The van der Waals surface area contributed by atoms with E-state index >= 15 is 0 Å². The molecule has 2 aromatic heterocycles. The molecule has 2 N–H and O–H groups in total. The Hall–Kier alpha value is -1.37. The molecule has 0 spiro atoms. The predicted octanol–water partition coefficient (Wildman–Crippen LogP) is 0.772. The van der Waals surface area contributed by atoms with Crippen molar-refractivity contribution in [1.29, 1.82) is 0 Å². The van der Waals surface area contributed by atoms with Gasteiger partial charge in [0, 0.05) is 12.4 Å². The second-order valence-corrected chi connectivity index (χ2v) is 7.30. The molecule has 2 rings (SSSR count). The zero-order valence-electron chi connectivity index (χ0n) is 10.8. The average molecular weight is 396 g/mol. The molecular weight excluding hydrogens is 386 g/mol. The lowest BCUT2D eigenvalue weighted by Gasteiger charge is -2.11. The number of carbonyl (C=O) groups is 1. The van der Waals surface area contributed by atoms with Crippen molar-refractivity contribution in [2.45, 2.75) is 18.0 Å². The minimum atomic E-state index is -3.88. The number of carboxylic acids is 1. The van der Waals surface area contributed by atoms with Crippen molar-refractivity contribution in [2.75, 3.05) is 0 Å². The second-order valence-electron chi connectivity index (χ2n) is 4.03. The number of nitrogens with zero attached hydrogens (tertiary/aromatic N) is 4. The molecule has 114 valence electrons. The normalized spacial score (nSPS) is 13.3. The fourth-order valence-electron chi connectivity index (χ4n) is 1.53. The van der Waals surface area contributed by atoms with Gasteiger partial charge < -0.3 is 5.11 Å². The predicted molar refractivity (Wildman–Crippen MR) is 76.5 cm³/mol. The third-order valence-corrected chi connectivity index (χ3v) is 5.89. The molecule has 0 bridgehead atoms. The molecule has 0 radical (unpaired) electrons. The van der Waals surface area contributed by atoms with Crippen LogP contribution in [0.5, 0.6) is 0 Å². The SMILES string of the molecule is CC(NS(=O)(=O)c1c(Br)nnn1C)c1nc(C(=O)O)cs1. The molecule has 9 nitrogen and oxygen atoms in total. The molecule has 12 heteroatoms. The van der Waals surface area contributed by atoms with Crippen LogP contribution in [-0.4, -0.2) is 39.5 Å². The van der Waals surface area contributed by atoms with E-state index in [9.17, 15) is 13.2 Å². The molecule has 2 aromatic rings. The van der Waals surface area contributed by atoms with Crippen LogP contribution < -0.4 is 4.72 Å². The zero-order chi connectivity index (χ0) is 15.8. The Kier molecular flexibility index (Phi) is 4.41. The number of rotatable bonds is 5. The summed E-state index contributed by atoms with van der Waals surface area (Å²) >= 11 is 4.08. The first-order valence-corrected chi connectivity index (χ1v) is 8.64. The van der Waals surface area contributed by atoms with Gasteiger partial charge in [0.25, 0.3) is 10.0 Å². The first-order valence-electron chi connectivity index (χ1n) is 5.48. The number of thiazole rings is 1. The van der Waals surface area contributed by atoms with Gasteiger partial charge in [-0.2, -0.15) is 0 Å². The Morgan fingerprint density at radius 1 is 1.57 bits per heavy atom. The highest BCUT2D eigenvalue weighted by molar-refractivity contribution is 9.10. The Labute approximate surface area is 132 Å². The summed E-state index contributed by atoms with van der Waals surface area (Å²) in [7, 11) is -2.43. The highest BCUT2D eigenvalue weighted by atomic mass is 79.9. The number of sulfonamides is 1. The lowest BCUT2D eigenvalue weighted by Crippen LogP contribution is -2.28. The van der Waals surface area contributed by atoms with Crippen molar-refractivity contribution >= 4 is 43.3 Å². The molecule has 0 aromatic carbocycles. The van der Waals surface area contributed by atoms with Gasteiger partial charge in [0.05, 0.1) is 6.04 Å². The van der Waals surface area contributed by atoms with Crippen molar-refractivity contribution in [2.24, 2.45) is 7.05 Å². The van der Waals surface area contributed by atoms with E-state index in [4.69, 9.17) is 5.11 Å². The molecule has 0 aliphatic rings. The lowest BCUT2D eigenvalue weighted by molar-refractivity contribution is 0.0691. The van der Waals surface area contributed by atoms with Crippen molar-refractivity contribution in [3.63, 3.8) is 0 Å². The smallest absolute Gasteiger partial charge is 0.355 e. The van der Waals surface area contributed by atoms with Crippen LogP contribution in [0.4, 0.5) is 0 Å². The highest BCUT2D eigenvalue weighted by Crippen LogP contribution is 2.23. The van der Waals surface area contributed by atoms with Crippen molar-refractivity contribution < 1.29 is 18.3 Å². The van der Waals surface area contributed by atoms with Gasteiger partial charge in [-0.3, -0.25) is 0 Å². The summed E-state index contributed by atoms with van der Waals surface area (Å²) in [5.41, 5.74) is -0.121. The number of nitrogens with one attached hydrogen (secondary N) is 1. The fraction of sp³-hybridized carbons (Fsp3) is 0.333. The average Bonchev–Trinajstić information content (AvgIpc) is 2.96. The van der Waals surface area contributed by atoms with E-state index in [-0.39, 0.29) is 15.3 Å². The van der Waals surface area contributed by atoms with Gasteiger partial charge in [-0.05, 0) is 22.9 Å². The quantitative estimate of drug-likeness (QED) is 0.764. The second kappa shape index (κ2) is 5.79. The molecule has 1 unspecified atom stereocenters. The van der Waals surface area contributed by atoms with Crippen LogP contribution in [-0.2, 0) is 17.1 Å². The van der Waals surface area contributed by atoms with E-state index in [1.165, 1.54) is 12.4 Å². The van der Waals surface area contributed by atoms with Crippen LogP contribution in [0.1, 0.15) is 28.5 Å². The minimum absolute atomic E-state index is 0.0927. The van der Waals surface area contributed by atoms with E-state index in [0.717, 1.165) is 16.0 Å². The molecule has 0 amide bonds. The number of aryl methyl sites for hydroxylation is 1. The highest BCUT2D eigenvalue weighted by Gasteiger charge is 2.27. The first kappa shape index (κ1) is 16.0. The van der Waals surface area contributed by atoms with E-state index < -0.39 is 22.0 Å². The molecule has 0 fully saturated rings. The Morgan fingerprint density at radius 3 is 2.71 bits per heavy atom. The van der Waals surface area contributed by atoms with Gasteiger partial charge in [0.15, 0.2) is 10.3 Å². The maximum absolute atomic E-state index is 12.3. The van der Waals surface area contributed by atoms with Crippen LogP contribution in [0, 0.1) is 0 Å². The van der Waals surface area contributed by atoms with Gasteiger partial charge in [-0.15, -0.1) is 16.4 Å². The van der Waals surface area contributed by atoms with Gasteiger partial charge >= 0.3 is 5.97 Å². The number of hydrogen-bond donors (Lipinski definition) is 2. The third-order valence-electron chi connectivity index (χ3n) is 2.44. The summed E-state index contributed by atoms with van der Waals surface area (Å²) in [6, 6.07) is -0.685. The summed E-state index contributed by atoms with van der Waals surface area (Å²) < 4.78 is 28.2. The van der Waals surface area contributed by atoms with Crippen LogP contribution in [0.2, 0.25) is 0 Å². The van der Waals surface area contributed by atoms with E-state index in [1.807, 2.05) is 0 Å². The van der Waals surface area contributed by atoms with Gasteiger partial charge in [-0.25, -0.2) is 27.6 Å². The third kappa shape index (κ3) is 3.28. The monoisotopic (exact) mass is 395 g/mol. The summed E-state index contributed by atoms with van der Waals surface area (Å²) in [5.74, 6) is -1.16. The number of hydrogen-bond acceptors (Lipinski definition) is 7. The fourth-order valence-corrected chi connectivity index (χ4v) is 4.71. The van der Waals surface area contributed by atoms with Crippen LogP contribution in [0.15, 0.2) is 15.0 Å². The van der Waals surface area contributed by atoms with E-state index in [0.29, 0.717) is 5.01 Å². The molecule has 0 aliphatic heterocycles. The molecule has 0 saturated carbocycles. The number of halogens is 1. The van der Waals surface area contributed by atoms with E-state index in [1.54, 1.807) is 6.92 Å². The Balaban J connectivity index is 2.26. The Morgan fingerprint density at radius 2 is 2.24 bits per heavy atom. The number of aromatic nitrogens is 4. The molecule has 0 aliphatic carbocycles. The topological polar surface area (TPSA) is 127 Å². The molecule has 0 saturated heterocycles. The van der Waals surface area contributed by atoms with Crippen LogP contribution in [0.3, 0.4) is 0 Å². The standard InChI is InChI=1S/C9H10BrN5O4S2/c1-4(7-11-5(3-20-7)9(16)17)13-21(18,19)8-6(10)12-14-15(8)2/h3-4,13H,1-2H3,(H,16,17). The zero-order valence-corrected chi connectivity index (χ0v) is 14.0. The molecule has 1 atom stereocenters. The number of aromatic carboxylic acids is 1. The van der Waals surface area contributed by atoms with Crippen molar-refractivity contribution in [1.82, 2.24) is 24.7 Å². The maximum atomic E-state index is 12.3. The summed E-state index contributed by atoms with van der Waals surface area (Å²) in [6.45, 7) is 1.57. The lowest BCUT2D eigenvalue weighted by atomic mass is 10.4. The van der Waals surface area contributed by atoms with Crippen molar-refractivity contribution in [3.05, 3.63) is 20.7 Å². The molecule has 21 heavy (non-hydrogen) atoms. The molecular formula is C9H10BrN5O4S2. The van der Waals surface area contributed by atoms with Gasteiger partial charge in [0.2, 0.25) is 5.03 Å². The van der Waals surface area contributed by atoms with Gasteiger partial charge in [-0.1, -0.05) is 5.21 Å². The van der Waals surface area contributed by atoms with E-state index in [2.05, 4.69) is 35.9 Å². The summed E-state index contributed by atoms with van der Waals surface area (Å²) in [4.78, 5) is 14.6. The molecule has 2 heterocycles.